The molecule has 0 fully saturated rings. The van der Waals surface area contributed by atoms with E-state index in [1.54, 1.807) is 18.7 Å². The highest BCUT2D eigenvalue weighted by molar-refractivity contribution is 5.90. The van der Waals surface area contributed by atoms with Gasteiger partial charge in [-0.1, -0.05) is 30.3 Å². The van der Waals surface area contributed by atoms with Crippen molar-refractivity contribution in [2.75, 3.05) is 13.7 Å². The van der Waals surface area contributed by atoms with E-state index in [1.807, 2.05) is 18.2 Å². The number of benzene rings is 2. The molecule has 1 amide bonds. The second-order valence-electron chi connectivity index (χ2n) is 6.41. The summed E-state index contributed by atoms with van der Waals surface area (Å²) in [6.45, 7) is 0.925. The van der Waals surface area contributed by atoms with Crippen LogP contribution in [0.15, 0.2) is 48.5 Å². The molecule has 5 nitrogen and oxygen atoms in total. The van der Waals surface area contributed by atoms with Crippen molar-refractivity contribution >= 4 is 12.0 Å². The number of hydroxylamine groups is 1. The molecule has 136 valence electrons. The van der Waals surface area contributed by atoms with E-state index in [9.17, 15) is 4.79 Å². The molecule has 5 heteroatoms. The Balaban J connectivity index is 1.55. The van der Waals surface area contributed by atoms with E-state index < -0.39 is 5.91 Å². The monoisotopic (exact) mass is 352 g/mol. The lowest BCUT2D eigenvalue weighted by atomic mass is 10.0. The van der Waals surface area contributed by atoms with Crippen molar-refractivity contribution in [2.45, 2.75) is 25.3 Å². The zero-order valence-corrected chi connectivity index (χ0v) is 14.9. The summed E-state index contributed by atoms with van der Waals surface area (Å²) in [5.74, 6) is 0.358. The fourth-order valence-corrected chi connectivity index (χ4v) is 3.35. The Morgan fingerprint density at radius 3 is 2.81 bits per heavy atom. The van der Waals surface area contributed by atoms with E-state index in [-0.39, 0.29) is 0 Å². The maximum atomic E-state index is 11.1. The minimum absolute atomic E-state index is 0.377. The lowest BCUT2D eigenvalue weighted by Crippen LogP contribution is -2.21. The third-order valence-electron chi connectivity index (χ3n) is 4.75. The van der Waals surface area contributed by atoms with E-state index >= 15 is 0 Å². The molecule has 3 rings (SSSR count). The summed E-state index contributed by atoms with van der Waals surface area (Å²) in [5, 5.41) is 12.2. The minimum Gasteiger partial charge on any atom is -0.497 e. The van der Waals surface area contributed by atoms with Crippen LogP contribution in [0.25, 0.3) is 6.08 Å². The predicted octanol–water partition coefficient (Wildman–Crippen LogP) is 3.03. The van der Waals surface area contributed by atoms with Crippen molar-refractivity contribution in [1.29, 1.82) is 0 Å². The highest BCUT2D eigenvalue weighted by Gasteiger charge is 2.21. The summed E-state index contributed by atoms with van der Waals surface area (Å²) in [6.07, 6.45) is 6.12. The van der Waals surface area contributed by atoms with Crippen LogP contribution in [0.1, 0.15) is 34.7 Å². The number of ether oxygens (including phenoxy) is 1. The largest absolute Gasteiger partial charge is 0.497 e. The third kappa shape index (κ3) is 4.50. The number of aryl methyl sites for hydroxylation is 1. The molecule has 0 spiro atoms. The molecular formula is C21H24N2O3. The molecule has 2 aromatic rings. The quantitative estimate of drug-likeness (QED) is 0.407. The Morgan fingerprint density at radius 1 is 1.27 bits per heavy atom. The van der Waals surface area contributed by atoms with E-state index in [0.29, 0.717) is 6.04 Å². The van der Waals surface area contributed by atoms with Crippen LogP contribution in [0, 0.1) is 0 Å². The molecule has 1 aliphatic rings. The minimum atomic E-state index is -0.524. The molecular weight excluding hydrogens is 328 g/mol. The summed E-state index contributed by atoms with van der Waals surface area (Å²) < 4.78 is 5.19. The smallest absolute Gasteiger partial charge is 0.267 e. The highest BCUT2D eigenvalue weighted by Crippen LogP contribution is 2.32. The number of carbonyl (C=O) groups excluding carboxylic acids is 1. The Hall–Kier alpha value is -2.63. The van der Waals surface area contributed by atoms with Crippen LogP contribution in [0.3, 0.4) is 0 Å². The van der Waals surface area contributed by atoms with Crippen molar-refractivity contribution in [2.24, 2.45) is 0 Å². The Bertz CT molecular complexity index is 784. The topological polar surface area (TPSA) is 70.6 Å². The van der Waals surface area contributed by atoms with Crippen molar-refractivity contribution in [1.82, 2.24) is 10.8 Å². The first-order valence-corrected chi connectivity index (χ1v) is 8.81. The van der Waals surface area contributed by atoms with Gasteiger partial charge in [0.1, 0.15) is 5.75 Å². The average Bonchev–Trinajstić information content (AvgIpc) is 3.09. The van der Waals surface area contributed by atoms with E-state index in [1.165, 1.54) is 22.8 Å². The van der Waals surface area contributed by atoms with Gasteiger partial charge in [-0.15, -0.1) is 0 Å². The van der Waals surface area contributed by atoms with Gasteiger partial charge in [-0.2, -0.15) is 0 Å². The SMILES string of the molecule is COc1ccc(CCNC2CCc3cc(/C=C/C(=O)NO)ccc32)cc1. The first-order valence-electron chi connectivity index (χ1n) is 8.81. The van der Waals surface area contributed by atoms with Gasteiger partial charge < -0.3 is 10.1 Å². The number of amides is 1. The summed E-state index contributed by atoms with van der Waals surface area (Å²) in [6, 6.07) is 14.8. The second kappa shape index (κ2) is 8.65. The van der Waals surface area contributed by atoms with Crippen molar-refractivity contribution in [3.05, 3.63) is 70.8 Å². The molecule has 2 aromatic carbocycles. The number of methoxy groups -OCH3 is 1. The zero-order chi connectivity index (χ0) is 18.4. The van der Waals surface area contributed by atoms with Crippen molar-refractivity contribution in [3.63, 3.8) is 0 Å². The molecule has 0 aromatic heterocycles. The van der Waals surface area contributed by atoms with Crippen molar-refractivity contribution < 1.29 is 14.7 Å². The van der Waals surface area contributed by atoms with Gasteiger partial charge in [0, 0.05) is 12.1 Å². The molecule has 1 unspecified atom stereocenters. The van der Waals surface area contributed by atoms with Gasteiger partial charge in [-0.25, -0.2) is 5.48 Å². The Morgan fingerprint density at radius 2 is 2.08 bits per heavy atom. The van der Waals surface area contributed by atoms with Gasteiger partial charge in [0.2, 0.25) is 0 Å². The third-order valence-corrected chi connectivity index (χ3v) is 4.75. The first kappa shape index (κ1) is 18.2. The maximum absolute atomic E-state index is 11.1. The summed E-state index contributed by atoms with van der Waals surface area (Å²) in [4.78, 5) is 11.1. The molecule has 0 saturated carbocycles. The zero-order valence-electron chi connectivity index (χ0n) is 14.9. The second-order valence-corrected chi connectivity index (χ2v) is 6.41. The lowest BCUT2D eigenvalue weighted by Gasteiger charge is -2.14. The van der Waals surface area contributed by atoms with Gasteiger partial charge in [0.25, 0.3) is 5.91 Å². The van der Waals surface area contributed by atoms with Crippen LogP contribution in [0.2, 0.25) is 0 Å². The first-order chi connectivity index (χ1) is 12.7. The number of fused-ring (bicyclic) bond motifs is 1. The molecule has 0 heterocycles. The van der Waals surface area contributed by atoms with Gasteiger partial charge >= 0.3 is 0 Å². The molecule has 0 aliphatic heterocycles. The lowest BCUT2D eigenvalue weighted by molar-refractivity contribution is -0.124. The standard InChI is InChI=1S/C21H24N2O3/c1-26-18-7-2-15(3-8-18)12-13-22-20-10-6-17-14-16(4-9-19(17)20)5-11-21(24)23-25/h2-5,7-9,11,14,20,22,25H,6,10,12-13H2,1H3,(H,23,24)/b11-5+. The molecule has 1 aliphatic carbocycles. The normalized spacial score (nSPS) is 15.8. The average molecular weight is 352 g/mol. The van der Waals surface area contributed by atoms with Crippen LogP contribution in [0.5, 0.6) is 5.75 Å². The number of hydrogen-bond acceptors (Lipinski definition) is 4. The van der Waals surface area contributed by atoms with Crippen LogP contribution in [0.4, 0.5) is 0 Å². The van der Waals surface area contributed by atoms with Crippen LogP contribution in [-0.4, -0.2) is 24.8 Å². The number of hydrogen-bond donors (Lipinski definition) is 3. The summed E-state index contributed by atoms with van der Waals surface area (Å²) in [7, 11) is 1.68. The molecule has 0 saturated heterocycles. The van der Waals surface area contributed by atoms with Crippen LogP contribution < -0.4 is 15.5 Å². The number of carbonyl (C=O) groups is 1. The number of rotatable bonds is 7. The highest BCUT2D eigenvalue weighted by atomic mass is 16.5. The molecule has 0 radical (unpaired) electrons. The molecule has 3 N–H and O–H groups in total. The fourth-order valence-electron chi connectivity index (χ4n) is 3.35. The predicted molar refractivity (Wildman–Crippen MR) is 101 cm³/mol. The van der Waals surface area contributed by atoms with E-state index in [0.717, 1.165) is 37.1 Å². The van der Waals surface area contributed by atoms with Gasteiger partial charge in [0.05, 0.1) is 7.11 Å². The number of nitrogens with one attached hydrogen (secondary N) is 2. The Kier molecular flexibility index (Phi) is 6.04. The van der Waals surface area contributed by atoms with Gasteiger partial charge in [-0.3, -0.25) is 10.0 Å². The Labute approximate surface area is 153 Å². The molecule has 26 heavy (non-hydrogen) atoms. The fraction of sp³-hybridized carbons (Fsp3) is 0.286. The van der Waals surface area contributed by atoms with Gasteiger partial charge in [-0.05, 0) is 66.3 Å². The summed E-state index contributed by atoms with van der Waals surface area (Å²) in [5.41, 5.74) is 6.50. The van der Waals surface area contributed by atoms with Gasteiger partial charge in [0.15, 0.2) is 0 Å². The van der Waals surface area contributed by atoms with Crippen LogP contribution in [-0.2, 0) is 17.6 Å². The van der Waals surface area contributed by atoms with E-state index in [2.05, 4.69) is 29.6 Å². The van der Waals surface area contributed by atoms with Crippen molar-refractivity contribution in [3.8, 4) is 5.75 Å². The molecule has 1 atom stereocenters. The molecule has 0 bridgehead atoms. The maximum Gasteiger partial charge on any atom is 0.267 e. The summed E-state index contributed by atoms with van der Waals surface area (Å²) >= 11 is 0. The van der Waals surface area contributed by atoms with Crippen LogP contribution >= 0.6 is 0 Å². The van der Waals surface area contributed by atoms with E-state index in [4.69, 9.17) is 9.94 Å².